The van der Waals surface area contributed by atoms with E-state index in [1.807, 2.05) is 12.1 Å². The maximum Gasteiger partial charge on any atom is 0.319 e. The fourth-order valence-corrected chi connectivity index (χ4v) is 3.44. The summed E-state index contributed by atoms with van der Waals surface area (Å²) in [5.41, 5.74) is 2.07. The lowest BCUT2D eigenvalue weighted by Crippen LogP contribution is -2.28. The highest BCUT2D eigenvalue weighted by atomic mass is 32.2. The summed E-state index contributed by atoms with van der Waals surface area (Å²) < 4.78 is 22.8. The molecule has 1 aromatic carbocycles. The molecule has 0 saturated carbocycles. The average molecular weight is 391 g/mol. The monoisotopic (exact) mass is 390 g/mol. The number of benzene rings is 1. The van der Waals surface area contributed by atoms with Gasteiger partial charge in [-0.2, -0.15) is 0 Å². The van der Waals surface area contributed by atoms with Crippen LogP contribution in [0.4, 0.5) is 16.3 Å². The molecule has 8 heteroatoms. The number of carbonyl (C=O) groups is 1. The number of hydrogen-bond acceptors (Lipinski definition) is 5. The fraction of sp³-hybridized carbons (Fsp3) is 0.368. The number of rotatable bonds is 8. The lowest BCUT2D eigenvalue weighted by atomic mass is 10.2. The highest BCUT2D eigenvalue weighted by Gasteiger charge is 2.07. The van der Waals surface area contributed by atoms with Crippen molar-refractivity contribution >= 4 is 27.4 Å². The molecule has 2 amide bonds. The molecule has 1 heterocycles. The maximum atomic E-state index is 12.1. The van der Waals surface area contributed by atoms with Crippen molar-refractivity contribution in [1.82, 2.24) is 10.3 Å². The summed E-state index contributed by atoms with van der Waals surface area (Å²) in [6, 6.07) is 10.3. The van der Waals surface area contributed by atoms with Gasteiger partial charge in [0.05, 0.1) is 5.75 Å². The molecule has 1 aromatic heterocycles. The van der Waals surface area contributed by atoms with E-state index in [2.05, 4.69) is 34.4 Å². The van der Waals surface area contributed by atoms with E-state index in [0.29, 0.717) is 17.8 Å². The van der Waals surface area contributed by atoms with Gasteiger partial charge in [0, 0.05) is 37.8 Å². The Bertz CT molecular complexity index is 863. The highest BCUT2D eigenvalue weighted by molar-refractivity contribution is 7.89. The van der Waals surface area contributed by atoms with Crippen molar-refractivity contribution in [2.24, 2.45) is 0 Å². The molecule has 0 bridgehead atoms. The zero-order valence-electron chi connectivity index (χ0n) is 15.9. The molecule has 0 saturated heterocycles. The van der Waals surface area contributed by atoms with E-state index in [0.717, 1.165) is 24.5 Å². The van der Waals surface area contributed by atoms with Crippen LogP contribution in [0.1, 0.15) is 25.0 Å². The first-order chi connectivity index (χ1) is 12.8. The van der Waals surface area contributed by atoms with Crippen LogP contribution in [0.25, 0.3) is 0 Å². The summed E-state index contributed by atoms with van der Waals surface area (Å²) in [4.78, 5) is 18.7. The molecule has 0 atom stereocenters. The first kappa shape index (κ1) is 20.7. The SMILES string of the molecule is CCN(CC)c1ccc(CNC(=O)Nc2cccc(CS(C)(=O)=O)c2)cn1. The smallest absolute Gasteiger partial charge is 0.319 e. The number of anilines is 2. The van der Waals surface area contributed by atoms with E-state index < -0.39 is 9.84 Å². The van der Waals surface area contributed by atoms with Crippen LogP contribution in [0.5, 0.6) is 0 Å². The van der Waals surface area contributed by atoms with E-state index in [4.69, 9.17) is 0 Å². The number of carbonyl (C=O) groups excluding carboxylic acids is 1. The van der Waals surface area contributed by atoms with Crippen molar-refractivity contribution in [3.8, 4) is 0 Å². The van der Waals surface area contributed by atoms with Crippen LogP contribution in [0.2, 0.25) is 0 Å². The van der Waals surface area contributed by atoms with E-state index in [1.165, 1.54) is 6.26 Å². The summed E-state index contributed by atoms with van der Waals surface area (Å²) in [5, 5.41) is 5.48. The molecule has 0 fully saturated rings. The Kier molecular flexibility index (Phi) is 7.18. The van der Waals surface area contributed by atoms with Crippen molar-refractivity contribution in [1.29, 1.82) is 0 Å². The van der Waals surface area contributed by atoms with E-state index >= 15 is 0 Å². The number of pyridine rings is 1. The normalized spacial score (nSPS) is 11.1. The Morgan fingerprint density at radius 2 is 1.85 bits per heavy atom. The number of amides is 2. The van der Waals surface area contributed by atoms with Crippen molar-refractivity contribution in [3.63, 3.8) is 0 Å². The van der Waals surface area contributed by atoms with Crippen molar-refractivity contribution in [2.75, 3.05) is 29.6 Å². The number of hydrogen-bond donors (Lipinski definition) is 2. The van der Waals surface area contributed by atoms with Crippen LogP contribution in [-0.4, -0.2) is 38.8 Å². The quantitative estimate of drug-likeness (QED) is 0.723. The third-order valence-corrected chi connectivity index (χ3v) is 4.82. The minimum atomic E-state index is -3.12. The molecule has 0 spiro atoms. The molecule has 7 nitrogen and oxygen atoms in total. The van der Waals surface area contributed by atoms with Crippen LogP contribution in [0, 0.1) is 0 Å². The molecule has 2 rings (SSSR count). The first-order valence-electron chi connectivity index (χ1n) is 8.82. The first-order valence-corrected chi connectivity index (χ1v) is 10.9. The van der Waals surface area contributed by atoms with Gasteiger partial charge in [-0.25, -0.2) is 18.2 Å². The molecule has 0 radical (unpaired) electrons. The van der Waals surface area contributed by atoms with Gasteiger partial charge in [-0.3, -0.25) is 0 Å². The van der Waals surface area contributed by atoms with Gasteiger partial charge in [0.25, 0.3) is 0 Å². The number of nitrogens with one attached hydrogen (secondary N) is 2. The molecular weight excluding hydrogens is 364 g/mol. The van der Waals surface area contributed by atoms with Gasteiger partial charge in [0.15, 0.2) is 9.84 Å². The lowest BCUT2D eigenvalue weighted by molar-refractivity contribution is 0.251. The summed E-state index contributed by atoms with van der Waals surface area (Å²) >= 11 is 0. The van der Waals surface area contributed by atoms with Crippen molar-refractivity contribution in [2.45, 2.75) is 26.1 Å². The zero-order chi connectivity index (χ0) is 19.9. The minimum absolute atomic E-state index is 0.0608. The predicted molar refractivity (Wildman–Crippen MR) is 109 cm³/mol. The topological polar surface area (TPSA) is 91.4 Å². The predicted octanol–water partition coefficient (Wildman–Crippen LogP) is 2.79. The molecule has 0 aliphatic carbocycles. The molecule has 27 heavy (non-hydrogen) atoms. The van der Waals surface area contributed by atoms with Crippen LogP contribution in [0.3, 0.4) is 0 Å². The maximum absolute atomic E-state index is 12.1. The third kappa shape index (κ3) is 6.90. The summed E-state index contributed by atoms with van der Waals surface area (Å²) in [7, 11) is -3.12. The second-order valence-electron chi connectivity index (χ2n) is 6.28. The van der Waals surface area contributed by atoms with Gasteiger partial charge in [0.1, 0.15) is 5.82 Å². The molecule has 2 aromatic rings. The Morgan fingerprint density at radius 1 is 1.11 bits per heavy atom. The summed E-state index contributed by atoms with van der Waals surface area (Å²) in [6.45, 7) is 6.29. The minimum Gasteiger partial charge on any atom is -0.357 e. The van der Waals surface area contributed by atoms with Crippen LogP contribution < -0.4 is 15.5 Å². The summed E-state index contributed by atoms with van der Waals surface area (Å²) in [6.07, 6.45) is 2.93. The van der Waals surface area contributed by atoms with Gasteiger partial charge >= 0.3 is 6.03 Å². The number of nitrogens with zero attached hydrogens (tertiary/aromatic N) is 2. The highest BCUT2D eigenvalue weighted by Crippen LogP contribution is 2.13. The molecule has 0 unspecified atom stereocenters. The van der Waals surface area contributed by atoms with E-state index in [-0.39, 0.29) is 11.8 Å². The van der Waals surface area contributed by atoms with Crippen molar-refractivity contribution in [3.05, 3.63) is 53.7 Å². The lowest BCUT2D eigenvalue weighted by Gasteiger charge is -2.19. The zero-order valence-corrected chi connectivity index (χ0v) is 16.7. The molecule has 0 aliphatic rings. The number of sulfone groups is 1. The second kappa shape index (κ2) is 9.36. The van der Waals surface area contributed by atoms with Crippen molar-refractivity contribution < 1.29 is 13.2 Å². The Hall–Kier alpha value is -2.61. The Balaban J connectivity index is 1.90. The van der Waals surface area contributed by atoms with Crippen LogP contribution in [-0.2, 0) is 22.1 Å². The molecule has 146 valence electrons. The number of urea groups is 1. The van der Waals surface area contributed by atoms with Gasteiger partial charge in [-0.05, 0) is 43.2 Å². The molecule has 0 aliphatic heterocycles. The van der Waals surface area contributed by atoms with Gasteiger partial charge in [0.2, 0.25) is 0 Å². The summed E-state index contributed by atoms with van der Waals surface area (Å²) in [5.74, 6) is 0.852. The van der Waals surface area contributed by atoms with Gasteiger partial charge < -0.3 is 15.5 Å². The Morgan fingerprint density at radius 3 is 2.44 bits per heavy atom. The van der Waals surface area contributed by atoms with Crippen LogP contribution in [0.15, 0.2) is 42.6 Å². The largest absolute Gasteiger partial charge is 0.357 e. The molecular formula is C19H26N4O3S. The Labute approximate surface area is 160 Å². The van der Waals surface area contributed by atoms with E-state index in [1.54, 1.807) is 30.5 Å². The van der Waals surface area contributed by atoms with Gasteiger partial charge in [-0.15, -0.1) is 0 Å². The molecule has 2 N–H and O–H groups in total. The van der Waals surface area contributed by atoms with E-state index in [9.17, 15) is 13.2 Å². The average Bonchev–Trinajstić information content (AvgIpc) is 2.61. The fourth-order valence-electron chi connectivity index (χ4n) is 2.66. The third-order valence-electron chi connectivity index (χ3n) is 3.96. The van der Waals surface area contributed by atoms with Gasteiger partial charge in [-0.1, -0.05) is 18.2 Å². The second-order valence-corrected chi connectivity index (χ2v) is 8.42. The number of aromatic nitrogens is 1. The van der Waals surface area contributed by atoms with Crippen LogP contribution >= 0.6 is 0 Å². The standard InChI is InChI=1S/C19H26N4O3S/c1-4-23(5-2)18-10-9-16(12-20-18)13-21-19(24)22-17-8-6-7-15(11-17)14-27(3,25)26/h6-12H,4-5,13-14H2,1-3H3,(H2,21,22,24).